The number of allylic oxidation sites excluding steroid dienone is 1. The summed E-state index contributed by atoms with van der Waals surface area (Å²) in [6.07, 6.45) is 5.73. The summed E-state index contributed by atoms with van der Waals surface area (Å²) in [6.45, 7) is 5.53. The lowest BCUT2D eigenvalue weighted by molar-refractivity contribution is -0.117. The predicted molar refractivity (Wildman–Crippen MR) is 83.3 cm³/mol. The Morgan fingerprint density at radius 1 is 1.23 bits per heavy atom. The van der Waals surface area contributed by atoms with Crippen LogP contribution in [-0.2, 0) is 4.79 Å². The minimum Gasteiger partial charge on any atom is -0.391 e. The average molecular weight is 302 g/mol. The van der Waals surface area contributed by atoms with Crippen LogP contribution in [0.25, 0.3) is 0 Å². The van der Waals surface area contributed by atoms with E-state index in [9.17, 15) is 9.90 Å². The van der Waals surface area contributed by atoms with Gasteiger partial charge in [0.05, 0.1) is 6.10 Å². The van der Waals surface area contributed by atoms with Crippen molar-refractivity contribution in [3.63, 3.8) is 0 Å². The predicted octanol–water partition coefficient (Wildman–Crippen LogP) is 1.00. The summed E-state index contributed by atoms with van der Waals surface area (Å²) >= 11 is 0. The molecule has 0 radical (unpaired) electrons. The van der Waals surface area contributed by atoms with Gasteiger partial charge >= 0.3 is 0 Å². The van der Waals surface area contributed by atoms with Crippen molar-refractivity contribution in [2.45, 2.75) is 63.8 Å². The van der Waals surface area contributed by atoms with E-state index in [0.717, 1.165) is 19.4 Å². The van der Waals surface area contributed by atoms with Crippen molar-refractivity contribution in [3.8, 4) is 0 Å². The fourth-order valence-corrected chi connectivity index (χ4v) is 6.51. The standard InChI is InChI=1S/C18H26N2O2/c1-17-5-3-10(21)7-9(17)8-19-13-11(17)4-6-18(2)12(13)14-15(20-14)16(18)22/h7,11-16,19-20,22H,3-6,8H2,1-2H3. The molecule has 120 valence electrons. The van der Waals surface area contributed by atoms with Gasteiger partial charge < -0.3 is 15.7 Å². The van der Waals surface area contributed by atoms with Crippen molar-refractivity contribution in [2.24, 2.45) is 22.7 Å². The molecule has 8 unspecified atom stereocenters. The summed E-state index contributed by atoms with van der Waals surface area (Å²) in [5, 5.41) is 17.9. The molecule has 0 aromatic heterocycles. The number of ketones is 1. The molecule has 4 fully saturated rings. The molecular formula is C18H26N2O2. The van der Waals surface area contributed by atoms with Gasteiger partial charge in [0.1, 0.15) is 0 Å². The van der Waals surface area contributed by atoms with Crippen LogP contribution in [0.5, 0.6) is 0 Å². The number of rotatable bonds is 0. The third-order valence-corrected chi connectivity index (χ3v) is 7.95. The van der Waals surface area contributed by atoms with Gasteiger partial charge in [-0.3, -0.25) is 4.79 Å². The molecule has 22 heavy (non-hydrogen) atoms. The molecule has 2 heterocycles. The quantitative estimate of drug-likeness (QED) is 0.584. The number of nitrogens with one attached hydrogen (secondary N) is 2. The molecule has 4 nitrogen and oxygen atoms in total. The Bertz CT molecular complexity index is 588. The second-order valence-corrected chi connectivity index (χ2v) is 8.80. The topological polar surface area (TPSA) is 71.3 Å². The van der Waals surface area contributed by atoms with Gasteiger partial charge in [-0.15, -0.1) is 0 Å². The molecule has 0 amide bonds. The summed E-state index contributed by atoms with van der Waals surface area (Å²) in [5.74, 6) is 1.43. The van der Waals surface area contributed by atoms with Gasteiger partial charge in [-0.05, 0) is 48.2 Å². The molecule has 0 aromatic rings. The lowest BCUT2D eigenvalue weighted by atomic mass is 9.51. The molecule has 3 N–H and O–H groups in total. The van der Waals surface area contributed by atoms with E-state index in [1.165, 1.54) is 12.0 Å². The zero-order valence-corrected chi connectivity index (χ0v) is 13.4. The Balaban J connectivity index is 1.53. The molecule has 0 spiro atoms. The fraction of sp³-hybridized carbons (Fsp3) is 0.833. The largest absolute Gasteiger partial charge is 0.391 e. The van der Waals surface area contributed by atoms with E-state index < -0.39 is 0 Å². The van der Waals surface area contributed by atoms with Crippen molar-refractivity contribution >= 4 is 5.78 Å². The Morgan fingerprint density at radius 3 is 2.86 bits per heavy atom. The second kappa shape index (κ2) is 4.03. The molecule has 4 heteroatoms. The number of aliphatic hydroxyl groups is 1. The van der Waals surface area contributed by atoms with Crippen LogP contribution in [0.3, 0.4) is 0 Å². The minimum absolute atomic E-state index is 0.0663. The average Bonchev–Trinajstić information content (AvgIpc) is 3.22. The third kappa shape index (κ3) is 1.47. The lowest BCUT2D eigenvalue weighted by Crippen LogP contribution is -2.63. The zero-order valence-electron chi connectivity index (χ0n) is 13.4. The van der Waals surface area contributed by atoms with E-state index >= 15 is 0 Å². The molecule has 5 rings (SSSR count). The molecule has 0 bridgehead atoms. The van der Waals surface area contributed by atoms with Crippen LogP contribution in [0.2, 0.25) is 0 Å². The van der Waals surface area contributed by atoms with E-state index in [4.69, 9.17) is 0 Å². The van der Waals surface area contributed by atoms with E-state index in [-0.39, 0.29) is 16.9 Å². The Morgan fingerprint density at radius 2 is 2.05 bits per heavy atom. The van der Waals surface area contributed by atoms with Crippen molar-refractivity contribution in [2.75, 3.05) is 6.54 Å². The van der Waals surface area contributed by atoms with E-state index in [2.05, 4.69) is 24.5 Å². The van der Waals surface area contributed by atoms with Gasteiger partial charge in [0.25, 0.3) is 0 Å². The first-order valence-corrected chi connectivity index (χ1v) is 8.86. The summed E-state index contributed by atoms with van der Waals surface area (Å²) in [4.78, 5) is 11.8. The smallest absolute Gasteiger partial charge is 0.155 e. The van der Waals surface area contributed by atoms with Crippen LogP contribution in [0.15, 0.2) is 11.6 Å². The van der Waals surface area contributed by atoms with Crippen LogP contribution in [0.4, 0.5) is 0 Å². The SMILES string of the molecule is CC12CCC(=O)C=C1CNC1C2CCC2(C)C(O)C3NC3C12. The molecule has 8 atom stereocenters. The Kier molecular flexibility index (Phi) is 2.51. The van der Waals surface area contributed by atoms with E-state index in [0.29, 0.717) is 42.2 Å². The molecule has 2 saturated heterocycles. The number of hydrogen-bond acceptors (Lipinski definition) is 4. The highest BCUT2D eigenvalue weighted by Gasteiger charge is 2.70. The highest BCUT2D eigenvalue weighted by atomic mass is 16.3. The molecule has 2 saturated carbocycles. The number of piperidine rings is 2. The van der Waals surface area contributed by atoms with Crippen molar-refractivity contribution in [1.29, 1.82) is 0 Å². The lowest BCUT2D eigenvalue weighted by Gasteiger charge is -2.58. The summed E-state index contributed by atoms with van der Waals surface area (Å²) in [5.41, 5.74) is 1.58. The maximum absolute atomic E-state index is 11.8. The molecule has 5 aliphatic rings. The van der Waals surface area contributed by atoms with E-state index in [1.54, 1.807) is 0 Å². The third-order valence-electron chi connectivity index (χ3n) is 7.95. The maximum Gasteiger partial charge on any atom is 0.155 e. The number of carbonyl (C=O) groups excluding carboxylic acids is 1. The normalized spacial score (nSPS) is 59.0. The van der Waals surface area contributed by atoms with Crippen LogP contribution < -0.4 is 10.6 Å². The second-order valence-electron chi connectivity index (χ2n) is 8.80. The van der Waals surface area contributed by atoms with Crippen LogP contribution >= 0.6 is 0 Å². The number of fused-ring (bicyclic) bond motifs is 7. The van der Waals surface area contributed by atoms with Gasteiger partial charge in [-0.2, -0.15) is 0 Å². The zero-order chi connectivity index (χ0) is 15.3. The van der Waals surface area contributed by atoms with Gasteiger partial charge in [0.15, 0.2) is 5.78 Å². The van der Waals surface area contributed by atoms with Crippen molar-refractivity contribution in [1.82, 2.24) is 10.6 Å². The molecule has 2 aliphatic heterocycles. The fourth-order valence-electron chi connectivity index (χ4n) is 6.51. The van der Waals surface area contributed by atoms with Crippen molar-refractivity contribution < 1.29 is 9.90 Å². The summed E-state index contributed by atoms with van der Waals surface area (Å²) in [7, 11) is 0. The highest BCUT2D eigenvalue weighted by Crippen LogP contribution is 2.62. The summed E-state index contributed by atoms with van der Waals surface area (Å²) < 4.78 is 0. The van der Waals surface area contributed by atoms with E-state index in [1.807, 2.05) is 6.08 Å². The van der Waals surface area contributed by atoms with Crippen LogP contribution in [0.1, 0.15) is 39.5 Å². The first-order valence-electron chi connectivity index (χ1n) is 8.86. The monoisotopic (exact) mass is 302 g/mol. The Labute approximate surface area is 131 Å². The maximum atomic E-state index is 11.8. The minimum atomic E-state index is -0.192. The summed E-state index contributed by atoms with van der Waals surface area (Å²) in [6, 6.07) is 1.31. The first-order chi connectivity index (χ1) is 10.4. The van der Waals surface area contributed by atoms with Gasteiger partial charge in [-0.25, -0.2) is 0 Å². The Hall–Kier alpha value is -0.710. The highest BCUT2D eigenvalue weighted by molar-refractivity contribution is 5.91. The number of aliphatic hydroxyl groups excluding tert-OH is 1. The van der Waals surface area contributed by atoms with Crippen molar-refractivity contribution in [3.05, 3.63) is 11.6 Å². The molecular weight excluding hydrogens is 276 g/mol. The molecule has 3 aliphatic carbocycles. The van der Waals surface area contributed by atoms with Crippen LogP contribution in [-0.4, -0.2) is 41.7 Å². The number of carbonyl (C=O) groups is 1. The van der Waals surface area contributed by atoms with Crippen LogP contribution in [0, 0.1) is 22.7 Å². The van der Waals surface area contributed by atoms with Gasteiger partial charge in [-0.1, -0.05) is 13.8 Å². The molecule has 0 aromatic carbocycles. The first kappa shape index (κ1) is 13.7. The van der Waals surface area contributed by atoms with Gasteiger partial charge in [0.2, 0.25) is 0 Å². The van der Waals surface area contributed by atoms with Gasteiger partial charge in [0, 0.05) is 36.5 Å². The number of hydrogen-bond donors (Lipinski definition) is 3.